The fourth-order valence-electron chi connectivity index (χ4n) is 2.40. The van der Waals surface area contributed by atoms with Crippen molar-refractivity contribution in [2.75, 3.05) is 24.0 Å². The first-order valence-corrected chi connectivity index (χ1v) is 12.5. The van der Waals surface area contributed by atoms with E-state index in [1.54, 1.807) is 0 Å². The van der Waals surface area contributed by atoms with Crippen molar-refractivity contribution in [3.8, 4) is 0 Å². The lowest BCUT2D eigenvalue weighted by Crippen LogP contribution is -2.57. The molecule has 4 unspecified atom stereocenters. The van der Waals surface area contributed by atoms with Gasteiger partial charge in [-0.05, 0) is 50.2 Å². The lowest BCUT2D eigenvalue weighted by Gasteiger charge is -2.24. The van der Waals surface area contributed by atoms with Gasteiger partial charge in [-0.25, -0.2) is 4.79 Å². The van der Waals surface area contributed by atoms with Gasteiger partial charge in [0.25, 0.3) is 0 Å². The maximum atomic E-state index is 12.8. The Morgan fingerprint density at radius 1 is 0.806 bits per heavy atom. The molecule has 4 atom stereocenters. The molecule has 0 aliphatic carbocycles. The molecule has 0 saturated heterocycles. The summed E-state index contributed by atoms with van der Waals surface area (Å²) in [6, 6.07) is -4.11. The number of aliphatic carboxylic acids is 1. The molecule has 8 N–H and O–H groups in total. The molecule has 0 radical (unpaired) electrons. The Morgan fingerprint density at radius 2 is 1.23 bits per heavy atom. The van der Waals surface area contributed by atoms with Crippen LogP contribution in [0.1, 0.15) is 32.6 Å². The van der Waals surface area contributed by atoms with Crippen LogP contribution < -0.4 is 27.4 Å². The van der Waals surface area contributed by atoms with Crippen molar-refractivity contribution in [3.05, 3.63) is 0 Å². The summed E-state index contributed by atoms with van der Waals surface area (Å²) in [6.07, 6.45) is 3.83. The Bertz CT molecular complexity index is 635. The van der Waals surface area contributed by atoms with Gasteiger partial charge in [0.15, 0.2) is 0 Å². The highest BCUT2D eigenvalue weighted by atomic mass is 32.2. The maximum Gasteiger partial charge on any atom is 0.326 e. The van der Waals surface area contributed by atoms with Gasteiger partial charge in [-0.15, -0.1) is 0 Å². The van der Waals surface area contributed by atoms with Gasteiger partial charge in [0, 0.05) is 6.42 Å². The summed E-state index contributed by atoms with van der Waals surface area (Å²) in [5.41, 5.74) is 10.7. The van der Waals surface area contributed by atoms with Gasteiger partial charge in [-0.2, -0.15) is 23.5 Å². The number of rotatable bonds is 16. The normalized spacial score (nSPS) is 14.6. The number of carboxylic acid groups (broad SMARTS) is 1. The van der Waals surface area contributed by atoms with Crippen LogP contribution in [0.2, 0.25) is 0 Å². The third kappa shape index (κ3) is 12.5. The number of hydrogen-bond acceptors (Lipinski definition) is 8. The predicted molar refractivity (Wildman–Crippen MR) is 122 cm³/mol. The van der Waals surface area contributed by atoms with Crippen molar-refractivity contribution in [2.45, 2.75) is 56.8 Å². The van der Waals surface area contributed by atoms with Crippen molar-refractivity contribution in [2.24, 2.45) is 11.5 Å². The van der Waals surface area contributed by atoms with Crippen LogP contribution in [0, 0.1) is 0 Å². The fraction of sp³-hybridized carbons (Fsp3) is 0.722. The quantitative estimate of drug-likeness (QED) is 0.155. The van der Waals surface area contributed by atoms with Gasteiger partial charge in [0.2, 0.25) is 23.6 Å². The van der Waals surface area contributed by atoms with Crippen molar-refractivity contribution in [1.82, 2.24) is 16.0 Å². The van der Waals surface area contributed by atoms with E-state index in [0.717, 1.165) is 0 Å². The number of nitrogens with two attached hydrogens (primary N) is 2. The lowest BCUT2D eigenvalue weighted by molar-refractivity contribution is -0.142. The molecule has 11 nitrogen and oxygen atoms in total. The van der Waals surface area contributed by atoms with E-state index >= 15 is 0 Å². The third-order valence-corrected chi connectivity index (χ3v) is 5.48. The van der Waals surface area contributed by atoms with Gasteiger partial charge in [0.1, 0.15) is 18.1 Å². The van der Waals surface area contributed by atoms with Crippen LogP contribution in [0.3, 0.4) is 0 Å². The molecule has 31 heavy (non-hydrogen) atoms. The molecule has 0 aromatic heterocycles. The van der Waals surface area contributed by atoms with E-state index in [0.29, 0.717) is 17.9 Å². The minimum Gasteiger partial charge on any atom is -0.480 e. The van der Waals surface area contributed by atoms with Crippen molar-refractivity contribution < 1.29 is 29.1 Å². The zero-order valence-electron chi connectivity index (χ0n) is 18.0. The summed E-state index contributed by atoms with van der Waals surface area (Å²) in [7, 11) is 0. The molecule has 0 aliphatic rings. The second-order valence-corrected chi connectivity index (χ2v) is 8.85. The van der Waals surface area contributed by atoms with E-state index in [2.05, 4.69) is 16.0 Å². The monoisotopic (exact) mass is 479 g/mol. The molecule has 13 heteroatoms. The largest absolute Gasteiger partial charge is 0.480 e. The minimum absolute atomic E-state index is 0.113. The molecule has 0 fully saturated rings. The average molecular weight is 480 g/mol. The van der Waals surface area contributed by atoms with E-state index in [1.165, 1.54) is 30.4 Å². The smallest absolute Gasteiger partial charge is 0.326 e. The molecule has 0 saturated carbocycles. The van der Waals surface area contributed by atoms with E-state index in [1.807, 2.05) is 12.5 Å². The first-order valence-electron chi connectivity index (χ1n) is 9.69. The summed E-state index contributed by atoms with van der Waals surface area (Å²) in [5, 5.41) is 16.8. The van der Waals surface area contributed by atoms with Crippen LogP contribution in [0.5, 0.6) is 0 Å². The van der Waals surface area contributed by atoms with E-state index < -0.39 is 53.8 Å². The average Bonchev–Trinajstić information content (AvgIpc) is 2.70. The van der Waals surface area contributed by atoms with E-state index in [-0.39, 0.29) is 19.3 Å². The number of carboxylic acids is 1. The third-order valence-electron chi connectivity index (χ3n) is 4.19. The molecule has 0 heterocycles. The topological polar surface area (TPSA) is 194 Å². The summed E-state index contributed by atoms with van der Waals surface area (Å²) in [6.45, 7) is 1.47. The number of hydrogen-bond donors (Lipinski definition) is 6. The van der Waals surface area contributed by atoms with E-state index in [4.69, 9.17) is 11.5 Å². The SMILES string of the molecule is CSCCC(NC(=O)C(CCC(N)=O)NC(=O)C(CCSC)NC(=O)C(C)N)C(=O)O. The standard InChI is InChI=1S/C18H33N5O6S2/c1-10(19)15(25)21-12(6-8-30-2)17(27)22-11(4-5-14(20)24)16(26)23-13(18(28)29)7-9-31-3/h10-13H,4-9,19H2,1-3H3,(H2,20,24)(H,21,25)(H,22,27)(H,23,26)(H,28,29). The zero-order valence-corrected chi connectivity index (χ0v) is 19.6. The van der Waals surface area contributed by atoms with Gasteiger partial charge in [-0.3, -0.25) is 19.2 Å². The molecule has 4 amide bonds. The molecule has 0 aliphatic heterocycles. The summed E-state index contributed by atoms with van der Waals surface area (Å²) < 4.78 is 0. The Balaban J connectivity index is 5.40. The number of carbonyl (C=O) groups excluding carboxylic acids is 4. The Morgan fingerprint density at radius 3 is 1.65 bits per heavy atom. The Hall–Kier alpha value is -1.99. The number of thioether (sulfide) groups is 2. The highest BCUT2D eigenvalue weighted by Crippen LogP contribution is 2.06. The molecule has 178 valence electrons. The van der Waals surface area contributed by atoms with Gasteiger partial charge in [0.05, 0.1) is 6.04 Å². The Kier molecular flexibility index (Phi) is 14.7. The maximum absolute atomic E-state index is 12.8. The molecule has 0 rings (SSSR count). The minimum atomic E-state index is -1.20. The second-order valence-electron chi connectivity index (χ2n) is 6.88. The van der Waals surface area contributed by atoms with Gasteiger partial charge in [-0.1, -0.05) is 0 Å². The van der Waals surface area contributed by atoms with Gasteiger partial charge < -0.3 is 32.5 Å². The highest BCUT2D eigenvalue weighted by Gasteiger charge is 2.29. The summed E-state index contributed by atoms with van der Waals surface area (Å²) in [5.74, 6) is -2.71. The van der Waals surface area contributed by atoms with Crippen LogP contribution in [0.15, 0.2) is 0 Å². The zero-order chi connectivity index (χ0) is 24.0. The number of amides is 4. The van der Waals surface area contributed by atoms with Crippen LogP contribution >= 0.6 is 23.5 Å². The number of carbonyl (C=O) groups is 5. The predicted octanol–water partition coefficient (Wildman–Crippen LogP) is -1.36. The molecule has 0 aromatic carbocycles. The fourth-order valence-corrected chi connectivity index (χ4v) is 3.34. The van der Waals surface area contributed by atoms with E-state index in [9.17, 15) is 29.1 Å². The molecular formula is C18H33N5O6S2. The highest BCUT2D eigenvalue weighted by molar-refractivity contribution is 7.98. The molecule has 0 aromatic rings. The van der Waals surface area contributed by atoms with Crippen LogP contribution in [-0.4, -0.2) is 82.9 Å². The van der Waals surface area contributed by atoms with Gasteiger partial charge >= 0.3 is 5.97 Å². The molecule has 0 bridgehead atoms. The summed E-state index contributed by atoms with van der Waals surface area (Å²) >= 11 is 2.90. The molecular weight excluding hydrogens is 446 g/mol. The van der Waals surface area contributed by atoms with Crippen LogP contribution in [0.25, 0.3) is 0 Å². The number of primary amides is 1. The van der Waals surface area contributed by atoms with Crippen molar-refractivity contribution in [3.63, 3.8) is 0 Å². The van der Waals surface area contributed by atoms with Crippen LogP contribution in [-0.2, 0) is 24.0 Å². The first-order chi connectivity index (χ1) is 14.5. The first kappa shape index (κ1) is 29.0. The second kappa shape index (κ2) is 15.8. The molecule has 0 spiro atoms. The lowest BCUT2D eigenvalue weighted by atomic mass is 10.1. The summed E-state index contributed by atoms with van der Waals surface area (Å²) in [4.78, 5) is 60.0. The Labute approximate surface area is 190 Å². The van der Waals surface area contributed by atoms with Crippen LogP contribution in [0.4, 0.5) is 0 Å². The number of nitrogens with one attached hydrogen (secondary N) is 3. The van der Waals surface area contributed by atoms with Crippen molar-refractivity contribution in [1.29, 1.82) is 0 Å². The van der Waals surface area contributed by atoms with Crippen molar-refractivity contribution >= 4 is 53.1 Å².